The highest BCUT2D eigenvalue weighted by molar-refractivity contribution is 5.92. The molecule has 3 aliphatic heterocycles. The van der Waals surface area contributed by atoms with Crippen LogP contribution in [0.4, 0.5) is 5.82 Å². The van der Waals surface area contributed by atoms with E-state index in [-0.39, 0.29) is 5.54 Å². The monoisotopic (exact) mass is 283 g/mol. The van der Waals surface area contributed by atoms with E-state index >= 15 is 0 Å². The van der Waals surface area contributed by atoms with Gasteiger partial charge in [-0.2, -0.15) is 0 Å². The number of benzene rings is 1. The number of hydrogen-bond donors (Lipinski definition) is 1. The third-order valence-electron chi connectivity index (χ3n) is 5.13. The first-order chi connectivity index (χ1) is 9.94. The first-order valence-corrected chi connectivity index (χ1v) is 8.09. The molecule has 2 N–H and O–H groups in total. The molecule has 2 bridgehead atoms. The molecule has 3 aliphatic rings. The SMILES string of the molecule is Cn1c2c(c3cc(CC(C)(C)N)ccc31)C1CCN2CC1. The Kier molecular flexibility index (Phi) is 2.68. The zero-order chi connectivity index (χ0) is 14.8. The van der Waals surface area contributed by atoms with Crippen LogP contribution in [0.3, 0.4) is 0 Å². The van der Waals surface area contributed by atoms with Crippen LogP contribution in [0.25, 0.3) is 10.9 Å². The molecule has 1 aromatic carbocycles. The molecule has 2 aromatic rings. The van der Waals surface area contributed by atoms with Gasteiger partial charge in [-0.15, -0.1) is 0 Å². The van der Waals surface area contributed by atoms with Crippen molar-refractivity contribution in [1.82, 2.24) is 4.57 Å². The zero-order valence-electron chi connectivity index (χ0n) is 13.3. The van der Waals surface area contributed by atoms with Crippen molar-refractivity contribution in [2.24, 2.45) is 12.8 Å². The van der Waals surface area contributed by atoms with E-state index in [0.29, 0.717) is 0 Å². The fraction of sp³-hybridized carbons (Fsp3) is 0.556. The third-order valence-corrected chi connectivity index (χ3v) is 5.13. The number of aryl methyl sites for hydroxylation is 1. The number of piperidine rings is 1. The van der Waals surface area contributed by atoms with Crippen molar-refractivity contribution < 1.29 is 0 Å². The molecule has 0 amide bonds. The lowest BCUT2D eigenvalue weighted by Crippen LogP contribution is -2.39. The normalized spacial score (nSPS) is 18.6. The van der Waals surface area contributed by atoms with Crippen LogP contribution >= 0.6 is 0 Å². The summed E-state index contributed by atoms with van der Waals surface area (Å²) in [4.78, 5) is 2.57. The lowest BCUT2D eigenvalue weighted by atomic mass is 9.83. The van der Waals surface area contributed by atoms with E-state index in [1.807, 2.05) is 0 Å². The fourth-order valence-corrected chi connectivity index (χ4v) is 4.31. The first-order valence-electron chi connectivity index (χ1n) is 8.09. The predicted molar refractivity (Wildman–Crippen MR) is 89.1 cm³/mol. The highest BCUT2D eigenvalue weighted by atomic mass is 15.3. The second-order valence-corrected chi connectivity index (χ2v) is 7.57. The summed E-state index contributed by atoms with van der Waals surface area (Å²) in [5.74, 6) is 2.23. The molecule has 0 aliphatic carbocycles. The van der Waals surface area contributed by atoms with E-state index in [1.165, 1.54) is 48.2 Å². The van der Waals surface area contributed by atoms with Gasteiger partial charge in [-0.1, -0.05) is 6.07 Å². The molecule has 1 fully saturated rings. The Morgan fingerprint density at radius 3 is 2.62 bits per heavy atom. The number of aromatic nitrogens is 1. The fourth-order valence-electron chi connectivity index (χ4n) is 4.31. The minimum atomic E-state index is -0.148. The zero-order valence-corrected chi connectivity index (χ0v) is 13.3. The lowest BCUT2D eigenvalue weighted by Gasteiger charge is -2.41. The molecule has 0 radical (unpaired) electrons. The quantitative estimate of drug-likeness (QED) is 0.918. The maximum absolute atomic E-state index is 6.20. The summed E-state index contributed by atoms with van der Waals surface area (Å²) >= 11 is 0. The van der Waals surface area contributed by atoms with Gasteiger partial charge < -0.3 is 15.2 Å². The Hall–Kier alpha value is -1.48. The molecule has 0 spiro atoms. The van der Waals surface area contributed by atoms with Crippen molar-refractivity contribution >= 4 is 16.7 Å². The smallest absolute Gasteiger partial charge is 0.112 e. The van der Waals surface area contributed by atoms with E-state index < -0.39 is 0 Å². The molecule has 0 saturated carbocycles. The molecule has 4 heterocycles. The van der Waals surface area contributed by atoms with E-state index in [0.717, 1.165) is 12.3 Å². The Bertz CT molecular complexity index is 697. The van der Waals surface area contributed by atoms with E-state index in [9.17, 15) is 0 Å². The minimum absolute atomic E-state index is 0.148. The average molecular weight is 283 g/mol. The van der Waals surface area contributed by atoms with Gasteiger partial charge in [0.25, 0.3) is 0 Å². The van der Waals surface area contributed by atoms with Crippen molar-refractivity contribution in [1.29, 1.82) is 0 Å². The van der Waals surface area contributed by atoms with Crippen LogP contribution in [0.1, 0.15) is 43.7 Å². The van der Waals surface area contributed by atoms with Gasteiger partial charge in [0, 0.05) is 42.1 Å². The summed E-state index contributed by atoms with van der Waals surface area (Å²) in [6, 6.07) is 6.93. The highest BCUT2D eigenvalue weighted by Crippen LogP contribution is 2.47. The number of rotatable bonds is 2. The molecule has 5 rings (SSSR count). The number of anilines is 1. The van der Waals surface area contributed by atoms with Crippen LogP contribution in [0, 0.1) is 0 Å². The molecule has 1 saturated heterocycles. The first kappa shape index (κ1) is 13.2. The molecule has 1 aromatic heterocycles. The van der Waals surface area contributed by atoms with Gasteiger partial charge in [-0.05, 0) is 56.7 Å². The Morgan fingerprint density at radius 1 is 1.24 bits per heavy atom. The van der Waals surface area contributed by atoms with Gasteiger partial charge in [0.05, 0.1) is 0 Å². The minimum Gasteiger partial charge on any atom is -0.358 e. The van der Waals surface area contributed by atoms with E-state index in [2.05, 4.69) is 48.6 Å². The van der Waals surface area contributed by atoms with Crippen LogP contribution in [0.5, 0.6) is 0 Å². The van der Waals surface area contributed by atoms with Crippen LogP contribution < -0.4 is 10.6 Å². The number of nitrogens with zero attached hydrogens (tertiary/aromatic N) is 2. The van der Waals surface area contributed by atoms with Crippen LogP contribution in [-0.2, 0) is 13.5 Å². The van der Waals surface area contributed by atoms with Gasteiger partial charge >= 0.3 is 0 Å². The summed E-state index contributed by atoms with van der Waals surface area (Å²) in [6.45, 7) is 6.66. The average Bonchev–Trinajstić information content (AvgIpc) is 2.74. The van der Waals surface area contributed by atoms with Gasteiger partial charge in [0.15, 0.2) is 0 Å². The van der Waals surface area contributed by atoms with Crippen LogP contribution in [0.2, 0.25) is 0 Å². The van der Waals surface area contributed by atoms with Crippen molar-refractivity contribution in [2.75, 3.05) is 18.0 Å². The molecule has 21 heavy (non-hydrogen) atoms. The summed E-state index contributed by atoms with van der Waals surface area (Å²) in [5.41, 5.74) is 10.4. The summed E-state index contributed by atoms with van der Waals surface area (Å²) in [6.07, 6.45) is 3.57. The molecular weight excluding hydrogens is 258 g/mol. The second kappa shape index (κ2) is 4.26. The molecule has 3 heteroatoms. The van der Waals surface area contributed by atoms with Crippen molar-refractivity contribution in [3.8, 4) is 0 Å². The Morgan fingerprint density at radius 2 is 1.95 bits per heavy atom. The lowest BCUT2D eigenvalue weighted by molar-refractivity contribution is 0.469. The third kappa shape index (κ3) is 1.98. The largest absolute Gasteiger partial charge is 0.358 e. The predicted octanol–water partition coefficient (Wildman–Crippen LogP) is 3.16. The van der Waals surface area contributed by atoms with Gasteiger partial charge in [0.2, 0.25) is 0 Å². The summed E-state index contributed by atoms with van der Waals surface area (Å²) in [5, 5.41) is 1.46. The summed E-state index contributed by atoms with van der Waals surface area (Å²) in [7, 11) is 2.22. The van der Waals surface area contributed by atoms with Crippen molar-refractivity contribution in [2.45, 2.75) is 44.6 Å². The molecular formula is C18H25N3. The van der Waals surface area contributed by atoms with Gasteiger partial charge in [-0.3, -0.25) is 0 Å². The topological polar surface area (TPSA) is 34.2 Å². The van der Waals surface area contributed by atoms with E-state index in [1.54, 1.807) is 5.56 Å². The highest BCUT2D eigenvalue weighted by Gasteiger charge is 2.35. The summed E-state index contributed by atoms with van der Waals surface area (Å²) < 4.78 is 2.40. The van der Waals surface area contributed by atoms with Gasteiger partial charge in [-0.25, -0.2) is 0 Å². The van der Waals surface area contributed by atoms with Gasteiger partial charge in [0.1, 0.15) is 5.82 Å². The van der Waals surface area contributed by atoms with Crippen LogP contribution in [0.15, 0.2) is 18.2 Å². The second-order valence-electron chi connectivity index (χ2n) is 7.57. The number of fused-ring (bicyclic) bond motifs is 3. The maximum atomic E-state index is 6.20. The number of hydrogen-bond acceptors (Lipinski definition) is 2. The Balaban J connectivity index is 1.90. The molecule has 0 atom stereocenters. The van der Waals surface area contributed by atoms with Crippen molar-refractivity contribution in [3.05, 3.63) is 29.3 Å². The number of nitrogens with two attached hydrogens (primary N) is 1. The van der Waals surface area contributed by atoms with E-state index in [4.69, 9.17) is 5.73 Å². The Labute approximate surface area is 126 Å². The maximum Gasteiger partial charge on any atom is 0.112 e. The standard InChI is InChI=1S/C18H25N3/c1-18(2,19)11-12-4-5-15-14(10-12)16-13-6-8-21(9-7-13)17(16)20(15)3/h4-5,10,13H,6-9,11,19H2,1-3H3. The molecule has 112 valence electrons. The molecule has 0 unspecified atom stereocenters. The van der Waals surface area contributed by atoms with Crippen LogP contribution in [-0.4, -0.2) is 23.2 Å². The van der Waals surface area contributed by atoms with Crippen molar-refractivity contribution in [3.63, 3.8) is 0 Å². The molecule has 3 nitrogen and oxygen atoms in total.